The average molecular weight is 396 g/mol. The lowest BCUT2D eigenvalue weighted by molar-refractivity contribution is -0.121. The largest absolute Gasteiger partial charge is 0.379 e. The fourth-order valence-electron chi connectivity index (χ4n) is 3.53. The number of hydrogen-bond acceptors (Lipinski definition) is 4. The van der Waals surface area contributed by atoms with E-state index in [1.54, 1.807) is 12.1 Å². The lowest BCUT2D eigenvalue weighted by Gasteiger charge is -2.35. The zero-order valence-corrected chi connectivity index (χ0v) is 16.8. The van der Waals surface area contributed by atoms with Gasteiger partial charge in [-0.25, -0.2) is 0 Å². The van der Waals surface area contributed by atoms with Crippen LogP contribution in [0.3, 0.4) is 0 Å². The zero-order valence-electron chi connectivity index (χ0n) is 16.8. The van der Waals surface area contributed by atoms with Gasteiger partial charge in [-0.05, 0) is 24.6 Å². The highest BCUT2D eigenvalue weighted by molar-refractivity contribution is 5.94. The van der Waals surface area contributed by atoms with Gasteiger partial charge >= 0.3 is 0 Å². The summed E-state index contributed by atoms with van der Waals surface area (Å²) in [5.41, 5.74) is 1.77. The Morgan fingerprint density at radius 2 is 1.62 bits per heavy atom. The standard InChI is InChI=1S/C23H29N3O3/c1-18(25-23(28)20-10-6-3-7-11-20)16-22(27)24-17-21(19-8-4-2-5-9-19)26-12-14-29-15-13-26/h2-11,18,21H,12-17H2,1H3,(H,24,27)(H,25,28). The summed E-state index contributed by atoms with van der Waals surface area (Å²) in [6, 6.07) is 19.1. The van der Waals surface area contributed by atoms with Crippen LogP contribution < -0.4 is 10.6 Å². The Hall–Kier alpha value is -2.70. The third kappa shape index (κ3) is 6.41. The number of amides is 2. The Bertz CT molecular complexity index is 776. The molecule has 154 valence electrons. The number of benzene rings is 2. The predicted molar refractivity (Wildman–Crippen MR) is 113 cm³/mol. The summed E-state index contributed by atoms with van der Waals surface area (Å²) in [4.78, 5) is 27.1. The molecule has 6 nitrogen and oxygen atoms in total. The Morgan fingerprint density at radius 3 is 2.28 bits per heavy atom. The van der Waals surface area contributed by atoms with Gasteiger partial charge in [-0.3, -0.25) is 14.5 Å². The van der Waals surface area contributed by atoms with E-state index in [0.29, 0.717) is 25.3 Å². The Morgan fingerprint density at radius 1 is 1.00 bits per heavy atom. The van der Waals surface area contributed by atoms with Crippen molar-refractivity contribution >= 4 is 11.8 Å². The van der Waals surface area contributed by atoms with Crippen molar-refractivity contribution in [3.05, 3.63) is 71.8 Å². The third-order valence-corrected chi connectivity index (χ3v) is 5.07. The van der Waals surface area contributed by atoms with Crippen molar-refractivity contribution in [3.63, 3.8) is 0 Å². The Kier molecular flexibility index (Phi) is 7.78. The molecule has 2 atom stereocenters. The summed E-state index contributed by atoms with van der Waals surface area (Å²) < 4.78 is 5.47. The first kappa shape index (κ1) is 21.0. The number of carbonyl (C=O) groups is 2. The smallest absolute Gasteiger partial charge is 0.251 e. The highest BCUT2D eigenvalue weighted by Crippen LogP contribution is 2.21. The molecule has 1 aliphatic heterocycles. The number of rotatable bonds is 8. The molecule has 2 N–H and O–H groups in total. The van der Waals surface area contributed by atoms with E-state index in [1.165, 1.54) is 5.56 Å². The molecular weight excluding hydrogens is 366 g/mol. The van der Waals surface area contributed by atoms with Crippen LogP contribution in [0.4, 0.5) is 0 Å². The maximum absolute atomic E-state index is 12.5. The first-order valence-electron chi connectivity index (χ1n) is 10.1. The number of hydrogen-bond donors (Lipinski definition) is 2. The monoisotopic (exact) mass is 395 g/mol. The molecule has 6 heteroatoms. The molecule has 3 rings (SSSR count). The number of ether oxygens (including phenoxy) is 1. The molecule has 1 aliphatic rings. The van der Waals surface area contributed by atoms with E-state index in [-0.39, 0.29) is 30.3 Å². The second-order valence-electron chi connectivity index (χ2n) is 7.32. The molecule has 0 saturated carbocycles. The van der Waals surface area contributed by atoms with Gasteiger partial charge in [0.1, 0.15) is 0 Å². The van der Waals surface area contributed by atoms with Gasteiger partial charge in [0.2, 0.25) is 5.91 Å². The molecule has 2 aromatic carbocycles. The van der Waals surface area contributed by atoms with Crippen molar-refractivity contribution in [2.45, 2.75) is 25.4 Å². The fourth-order valence-corrected chi connectivity index (χ4v) is 3.53. The van der Waals surface area contributed by atoms with Crippen molar-refractivity contribution in [1.82, 2.24) is 15.5 Å². The quantitative estimate of drug-likeness (QED) is 0.720. The second kappa shape index (κ2) is 10.7. The molecule has 0 radical (unpaired) electrons. The molecule has 29 heavy (non-hydrogen) atoms. The van der Waals surface area contributed by atoms with E-state index < -0.39 is 0 Å². The first-order chi connectivity index (χ1) is 14.1. The van der Waals surface area contributed by atoms with E-state index in [4.69, 9.17) is 4.74 Å². The fraction of sp³-hybridized carbons (Fsp3) is 0.391. The topological polar surface area (TPSA) is 70.7 Å². The van der Waals surface area contributed by atoms with Gasteiger partial charge in [-0.15, -0.1) is 0 Å². The minimum absolute atomic E-state index is 0.0694. The normalized spacial score (nSPS) is 16.6. The zero-order chi connectivity index (χ0) is 20.5. The van der Waals surface area contributed by atoms with Crippen molar-refractivity contribution in [2.24, 2.45) is 0 Å². The van der Waals surface area contributed by atoms with Crippen LogP contribution in [0.2, 0.25) is 0 Å². The summed E-state index contributed by atoms with van der Waals surface area (Å²) >= 11 is 0. The van der Waals surface area contributed by atoms with E-state index in [2.05, 4.69) is 27.7 Å². The molecule has 1 fully saturated rings. The third-order valence-electron chi connectivity index (χ3n) is 5.07. The van der Waals surface area contributed by atoms with Crippen LogP contribution in [0.15, 0.2) is 60.7 Å². The summed E-state index contributed by atoms with van der Waals surface area (Å²) in [6.07, 6.45) is 0.239. The van der Waals surface area contributed by atoms with Crippen LogP contribution in [-0.2, 0) is 9.53 Å². The number of carbonyl (C=O) groups excluding carboxylic acids is 2. The summed E-state index contributed by atoms with van der Waals surface area (Å²) in [5.74, 6) is -0.235. The second-order valence-corrected chi connectivity index (χ2v) is 7.32. The molecule has 0 bridgehead atoms. The summed E-state index contributed by atoms with van der Waals surface area (Å²) in [7, 11) is 0. The SMILES string of the molecule is CC(CC(=O)NCC(c1ccccc1)N1CCOCC1)NC(=O)c1ccccc1. The lowest BCUT2D eigenvalue weighted by atomic mass is 10.0. The van der Waals surface area contributed by atoms with Crippen LogP contribution in [0, 0.1) is 0 Å². The van der Waals surface area contributed by atoms with Gasteiger partial charge in [0.15, 0.2) is 0 Å². The minimum atomic E-state index is -0.249. The number of morpholine rings is 1. The Labute approximate surface area is 172 Å². The summed E-state index contributed by atoms with van der Waals surface area (Å²) in [5, 5.41) is 5.93. The van der Waals surface area contributed by atoms with Crippen LogP contribution in [0.25, 0.3) is 0 Å². The summed E-state index contributed by atoms with van der Waals surface area (Å²) in [6.45, 7) is 5.48. The lowest BCUT2D eigenvalue weighted by Crippen LogP contribution is -2.44. The van der Waals surface area contributed by atoms with Crippen molar-refractivity contribution in [2.75, 3.05) is 32.8 Å². The molecule has 2 aromatic rings. The van der Waals surface area contributed by atoms with Crippen LogP contribution in [0.5, 0.6) is 0 Å². The molecule has 0 aliphatic carbocycles. The molecule has 1 heterocycles. The molecule has 1 saturated heterocycles. The number of nitrogens with one attached hydrogen (secondary N) is 2. The van der Waals surface area contributed by atoms with Crippen molar-refractivity contribution in [1.29, 1.82) is 0 Å². The molecule has 0 aromatic heterocycles. The van der Waals surface area contributed by atoms with Gasteiger partial charge in [-0.1, -0.05) is 48.5 Å². The maximum atomic E-state index is 12.5. The highest BCUT2D eigenvalue weighted by Gasteiger charge is 2.23. The van der Waals surface area contributed by atoms with Crippen molar-refractivity contribution in [3.8, 4) is 0 Å². The van der Waals surface area contributed by atoms with Crippen LogP contribution in [0.1, 0.15) is 35.3 Å². The van der Waals surface area contributed by atoms with Gasteiger partial charge in [0.25, 0.3) is 5.91 Å². The average Bonchev–Trinajstić information content (AvgIpc) is 2.76. The molecule has 2 amide bonds. The van der Waals surface area contributed by atoms with E-state index in [9.17, 15) is 9.59 Å². The highest BCUT2D eigenvalue weighted by atomic mass is 16.5. The van der Waals surface area contributed by atoms with E-state index in [0.717, 1.165) is 13.1 Å². The van der Waals surface area contributed by atoms with Gasteiger partial charge in [0, 0.05) is 37.7 Å². The minimum Gasteiger partial charge on any atom is -0.379 e. The van der Waals surface area contributed by atoms with Crippen LogP contribution in [-0.4, -0.2) is 55.6 Å². The van der Waals surface area contributed by atoms with E-state index >= 15 is 0 Å². The van der Waals surface area contributed by atoms with Crippen LogP contribution >= 0.6 is 0 Å². The number of nitrogens with zero attached hydrogens (tertiary/aromatic N) is 1. The van der Waals surface area contributed by atoms with Gasteiger partial charge in [-0.2, -0.15) is 0 Å². The first-order valence-corrected chi connectivity index (χ1v) is 10.1. The molecular formula is C23H29N3O3. The maximum Gasteiger partial charge on any atom is 0.251 e. The van der Waals surface area contributed by atoms with Gasteiger partial charge in [0.05, 0.1) is 19.3 Å². The Balaban J connectivity index is 1.52. The molecule has 0 spiro atoms. The molecule has 2 unspecified atom stereocenters. The van der Waals surface area contributed by atoms with Crippen molar-refractivity contribution < 1.29 is 14.3 Å². The van der Waals surface area contributed by atoms with E-state index in [1.807, 2.05) is 43.3 Å². The predicted octanol–water partition coefficient (Wildman–Crippen LogP) is 2.38. The van der Waals surface area contributed by atoms with Gasteiger partial charge < -0.3 is 15.4 Å².